The fraction of sp³-hybridized carbons (Fsp3) is 0.222. The Morgan fingerprint density at radius 2 is 2.11 bits per heavy atom. The van der Waals surface area contributed by atoms with E-state index in [4.69, 9.17) is 4.74 Å². The van der Waals surface area contributed by atoms with Crippen LogP contribution in [0.25, 0.3) is 11.3 Å². The largest absolute Gasteiger partial charge is 0.466 e. The smallest absolute Gasteiger partial charge is 0.311 e. The van der Waals surface area contributed by atoms with Gasteiger partial charge in [-0.2, -0.15) is 5.10 Å². The van der Waals surface area contributed by atoms with E-state index in [1.807, 2.05) is 0 Å². The number of aromatic nitrogens is 3. The van der Waals surface area contributed by atoms with E-state index < -0.39 is 23.5 Å². The molecule has 0 aliphatic rings. The van der Waals surface area contributed by atoms with Crippen LogP contribution in [-0.4, -0.2) is 33.2 Å². The molecule has 0 bridgehead atoms. The number of benzene rings is 1. The number of nitrogens with one attached hydrogen (secondary N) is 1. The van der Waals surface area contributed by atoms with Crippen molar-refractivity contribution in [3.8, 4) is 11.3 Å². The lowest BCUT2D eigenvalue weighted by Crippen LogP contribution is -2.13. The zero-order valence-corrected chi connectivity index (χ0v) is 15.8. The number of aryl methyl sites for hydroxylation is 1. The molecule has 7 nitrogen and oxygen atoms in total. The predicted molar refractivity (Wildman–Crippen MR) is 99.0 cm³/mol. The molecule has 0 saturated heterocycles. The Labute approximate surface area is 163 Å². The third-order valence-corrected chi connectivity index (χ3v) is 4.47. The zero-order chi connectivity index (χ0) is 20.3. The van der Waals surface area contributed by atoms with Crippen molar-refractivity contribution in [1.29, 1.82) is 0 Å². The van der Waals surface area contributed by atoms with Crippen LogP contribution < -0.4 is 5.32 Å². The van der Waals surface area contributed by atoms with Gasteiger partial charge in [-0.15, -0.1) is 11.3 Å². The SMILES string of the molecule is CCOC(=O)Cc1csc(NC(=O)c2cn(C)nc2-c2ccc(F)cc2F)n1. The summed E-state index contributed by atoms with van der Waals surface area (Å²) in [6, 6.07) is 3.05. The molecule has 0 aliphatic heterocycles. The molecule has 10 heteroatoms. The van der Waals surface area contributed by atoms with Gasteiger partial charge in [0.1, 0.15) is 17.3 Å². The van der Waals surface area contributed by atoms with E-state index in [2.05, 4.69) is 15.4 Å². The standard InChI is InChI=1S/C18H16F2N4O3S/c1-3-27-15(25)7-11-9-28-18(21-11)22-17(26)13-8-24(2)23-16(13)12-5-4-10(19)6-14(12)20/h4-6,8-9H,3,7H2,1-2H3,(H,21,22,26). The number of ether oxygens (including phenoxy) is 1. The van der Waals surface area contributed by atoms with Crippen molar-refractivity contribution in [1.82, 2.24) is 14.8 Å². The molecule has 1 N–H and O–H groups in total. The fourth-order valence-corrected chi connectivity index (χ4v) is 3.21. The molecule has 28 heavy (non-hydrogen) atoms. The van der Waals surface area contributed by atoms with Gasteiger partial charge in [-0.25, -0.2) is 13.8 Å². The summed E-state index contributed by atoms with van der Waals surface area (Å²) in [5.41, 5.74) is 0.667. The van der Waals surface area contributed by atoms with Crippen LogP contribution in [0.1, 0.15) is 23.0 Å². The first kappa shape index (κ1) is 19.6. The molecule has 0 spiro atoms. The lowest BCUT2D eigenvalue weighted by molar-refractivity contribution is -0.142. The average Bonchev–Trinajstić information content (AvgIpc) is 3.21. The number of hydrogen-bond acceptors (Lipinski definition) is 6. The molecule has 1 aromatic carbocycles. The maximum absolute atomic E-state index is 14.1. The van der Waals surface area contributed by atoms with Crippen LogP contribution in [0.3, 0.4) is 0 Å². The molecule has 2 aromatic heterocycles. The summed E-state index contributed by atoms with van der Waals surface area (Å²) < 4.78 is 33.5. The molecule has 1 amide bonds. The molecule has 146 valence electrons. The van der Waals surface area contributed by atoms with E-state index in [1.165, 1.54) is 16.9 Å². The van der Waals surface area contributed by atoms with Gasteiger partial charge in [0.2, 0.25) is 0 Å². The third-order valence-electron chi connectivity index (χ3n) is 3.66. The van der Waals surface area contributed by atoms with Crippen LogP contribution in [0, 0.1) is 11.6 Å². The number of carbonyl (C=O) groups is 2. The molecular weight excluding hydrogens is 390 g/mol. The molecule has 0 fully saturated rings. The second kappa shape index (κ2) is 8.26. The molecule has 0 radical (unpaired) electrons. The average molecular weight is 406 g/mol. The minimum Gasteiger partial charge on any atom is -0.466 e. The first-order valence-electron chi connectivity index (χ1n) is 8.27. The Balaban J connectivity index is 1.80. The minimum absolute atomic E-state index is 0.000849. The van der Waals surface area contributed by atoms with Crippen LogP contribution >= 0.6 is 11.3 Å². The van der Waals surface area contributed by atoms with Crippen LogP contribution in [0.4, 0.5) is 13.9 Å². The van der Waals surface area contributed by atoms with E-state index in [9.17, 15) is 18.4 Å². The van der Waals surface area contributed by atoms with Gasteiger partial charge in [-0.3, -0.25) is 19.6 Å². The highest BCUT2D eigenvalue weighted by atomic mass is 32.1. The summed E-state index contributed by atoms with van der Waals surface area (Å²) in [6.45, 7) is 1.98. The van der Waals surface area contributed by atoms with Gasteiger partial charge in [-0.1, -0.05) is 0 Å². The lowest BCUT2D eigenvalue weighted by Gasteiger charge is -2.04. The Morgan fingerprint density at radius 1 is 1.32 bits per heavy atom. The summed E-state index contributed by atoms with van der Waals surface area (Å²) >= 11 is 1.14. The van der Waals surface area contributed by atoms with Crippen LogP contribution in [0.5, 0.6) is 0 Å². The first-order chi connectivity index (χ1) is 13.4. The normalized spacial score (nSPS) is 10.7. The molecule has 0 atom stereocenters. The van der Waals surface area contributed by atoms with Crippen molar-refractivity contribution >= 4 is 28.3 Å². The number of halogens is 2. The van der Waals surface area contributed by atoms with Crippen molar-refractivity contribution in [2.24, 2.45) is 7.05 Å². The van der Waals surface area contributed by atoms with Crippen molar-refractivity contribution in [2.45, 2.75) is 13.3 Å². The summed E-state index contributed by atoms with van der Waals surface area (Å²) in [6.07, 6.45) is 1.43. The minimum atomic E-state index is -0.821. The van der Waals surface area contributed by atoms with Crippen molar-refractivity contribution in [2.75, 3.05) is 11.9 Å². The van der Waals surface area contributed by atoms with Gasteiger partial charge in [0, 0.05) is 30.3 Å². The Bertz CT molecular complexity index is 1030. The van der Waals surface area contributed by atoms with E-state index in [-0.39, 0.29) is 35.0 Å². The highest BCUT2D eigenvalue weighted by Crippen LogP contribution is 2.26. The molecule has 3 rings (SSSR count). The molecule has 0 aliphatic carbocycles. The molecule has 3 aromatic rings. The Morgan fingerprint density at radius 3 is 2.82 bits per heavy atom. The number of amides is 1. The van der Waals surface area contributed by atoms with E-state index >= 15 is 0 Å². The summed E-state index contributed by atoms with van der Waals surface area (Å²) in [5, 5.41) is 8.63. The highest BCUT2D eigenvalue weighted by molar-refractivity contribution is 7.14. The number of esters is 1. The number of rotatable bonds is 6. The number of hydrogen-bond donors (Lipinski definition) is 1. The third kappa shape index (κ3) is 4.39. The van der Waals surface area contributed by atoms with Gasteiger partial charge < -0.3 is 4.74 Å². The second-order valence-electron chi connectivity index (χ2n) is 5.77. The van der Waals surface area contributed by atoms with Crippen molar-refractivity contribution in [3.05, 3.63) is 52.7 Å². The van der Waals surface area contributed by atoms with E-state index in [1.54, 1.807) is 19.4 Å². The fourth-order valence-electron chi connectivity index (χ4n) is 2.51. The van der Waals surface area contributed by atoms with Crippen LogP contribution in [0.15, 0.2) is 29.8 Å². The monoisotopic (exact) mass is 406 g/mol. The number of nitrogens with zero attached hydrogens (tertiary/aromatic N) is 3. The van der Waals surface area contributed by atoms with Crippen LogP contribution in [-0.2, 0) is 23.0 Å². The summed E-state index contributed by atoms with van der Waals surface area (Å²) in [4.78, 5) is 28.3. The van der Waals surface area contributed by atoms with Crippen LogP contribution in [0.2, 0.25) is 0 Å². The Kier molecular flexibility index (Phi) is 5.78. The van der Waals surface area contributed by atoms with E-state index in [0.717, 1.165) is 23.5 Å². The second-order valence-corrected chi connectivity index (χ2v) is 6.63. The maximum Gasteiger partial charge on any atom is 0.311 e. The predicted octanol–water partition coefficient (Wildman–Crippen LogP) is 3.18. The van der Waals surface area contributed by atoms with Crippen molar-refractivity contribution in [3.63, 3.8) is 0 Å². The molecule has 2 heterocycles. The topological polar surface area (TPSA) is 86.1 Å². The van der Waals surface area contributed by atoms with E-state index in [0.29, 0.717) is 5.69 Å². The summed E-state index contributed by atoms with van der Waals surface area (Å²) in [7, 11) is 1.59. The molecular formula is C18H16F2N4O3S. The molecule has 0 saturated carbocycles. The van der Waals surface area contributed by atoms with Gasteiger partial charge in [0.15, 0.2) is 5.13 Å². The van der Waals surface area contributed by atoms with Gasteiger partial charge in [-0.05, 0) is 19.1 Å². The quantitative estimate of drug-likeness (QED) is 0.636. The highest BCUT2D eigenvalue weighted by Gasteiger charge is 2.21. The van der Waals surface area contributed by atoms with Gasteiger partial charge in [0.05, 0.1) is 24.3 Å². The zero-order valence-electron chi connectivity index (χ0n) is 15.0. The lowest BCUT2D eigenvalue weighted by atomic mass is 10.1. The summed E-state index contributed by atoms with van der Waals surface area (Å²) in [5.74, 6) is -2.50. The Hall–Kier alpha value is -3.14. The van der Waals surface area contributed by atoms with Gasteiger partial charge in [0.25, 0.3) is 5.91 Å². The molecule has 0 unspecified atom stereocenters. The first-order valence-corrected chi connectivity index (χ1v) is 9.15. The van der Waals surface area contributed by atoms with Gasteiger partial charge >= 0.3 is 5.97 Å². The number of thiazole rings is 1. The number of anilines is 1. The maximum atomic E-state index is 14.1. The van der Waals surface area contributed by atoms with Crippen molar-refractivity contribution < 1.29 is 23.1 Å². The number of carbonyl (C=O) groups excluding carboxylic acids is 2.